The molecule has 3 N–H and O–H groups in total. The Hall–Kier alpha value is -1.73. The number of thiocarbonyl (C=S) groups is 1. The van der Waals surface area contributed by atoms with Gasteiger partial charge < -0.3 is 20.7 Å². The summed E-state index contributed by atoms with van der Waals surface area (Å²) >= 11 is 23.2. The second-order valence-corrected chi connectivity index (χ2v) is 8.31. The molecule has 1 amide bonds. The largest absolute Gasteiger partial charge is 0.497 e. The van der Waals surface area contributed by atoms with Gasteiger partial charge in [-0.3, -0.25) is 4.79 Å². The summed E-state index contributed by atoms with van der Waals surface area (Å²) in [4.78, 5) is 12.3. The van der Waals surface area contributed by atoms with Crippen LogP contribution in [0.15, 0.2) is 54.6 Å². The number of carbonyl (C=O) groups excluding carboxylic acids is 1. The van der Waals surface area contributed by atoms with Gasteiger partial charge in [0.2, 0.25) is 9.70 Å². The van der Waals surface area contributed by atoms with Crippen LogP contribution in [0.2, 0.25) is 0 Å². The van der Waals surface area contributed by atoms with E-state index in [1.54, 1.807) is 31.4 Å². The van der Waals surface area contributed by atoms with Crippen molar-refractivity contribution in [3.8, 4) is 5.75 Å². The van der Waals surface area contributed by atoms with Crippen LogP contribution in [0.4, 0.5) is 5.69 Å². The number of rotatable bonds is 6. The summed E-state index contributed by atoms with van der Waals surface area (Å²) in [6.45, 7) is 0. The number of hydrogen-bond acceptors (Lipinski definition) is 3. The molecule has 0 aliphatic heterocycles. The zero-order valence-electron chi connectivity index (χ0n) is 14.3. The van der Waals surface area contributed by atoms with Gasteiger partial charge in [0.15, 0.2) is 5.11 Å². The lowest BCUT2D eigenvalue weighted by Gasteiger charge is -2.27. The highest BCUT2D eigenvalue weighted by molar-refractivity contribution is 7.80. The molecule has 5 nitrogen and oxygen atoms in total. The van der Waals surface area contributed by atoms with E-state index in [0.717, 1.165) is 5.56 Å². The van der Waals surface area contributed by atoms with Crippen molar-refractivity contribution in [2.45, 2.75) is 16.4 Å². The fraction of sp³-hybridized carbons (Fsp3) is 0.222. The first-order valence-electron chi connectivity index (χ1n) is 7.89. The van der Waals surface area contributed by atoms with Crippen LogP contribution in [-0.4, -0.2) is 28.1 Å². The zero-order valence-corrected chi connectivity index (χ0v) is 17.4. The molecule has 1 unspecified atom stereocenters. The monoisotopic (exact) mass is 445 g/mol. The third kappa shape index (κ3) is 7.42. The van der Waals surface area contributed by atoms with E-state index in [9.17, 15) is 4.79 Å². The summed E-state index contributed by atoms with van der Waals surface area (Å²) in [5.74, 6) is 0.407. The maximum atomic E-state index is 12.3. The standard InChI is InChI=1S/C18H18Cl3N3O2S/c1-26-14-9-7-13(8-10-14)22-17(27)24-16(18(19,20)21)23-15(25)11-12-5-3-2-4-6-12/h2-10,16H,11H2,1H3,(H,23,25)(H2,22,24,27). The predicted octanol–water partition coefficient (Wildman–Crippen LogP) is 4.04. The maximum absolute atomic E-state index is 12.3. The lowest BCUT2D eigenvalue weighted by molar-refractivity contribution is -0.121. The van der Waals surface area contributed by atoms with E-state index in [4.69, 9.17) is 51.8 Å². The van der Waals surface area contributed by atoms with E-state index in [1.165, 1.54) is 0 Å². The predicted molar refractivity (Wildman–Crippen MR) is 115 cm³/mol. The van der Waals surface area contributed by atoms with E-state index in [-0.39, 0.29) is 17.4 Å². The molecule has 0 heterocycles. The van der Waals surface area contributed by atoms with Crippen LogP contribution in [0.1, 0.15) is 5.56 Å². The van der Waals surface area contributed by atoms with Crippen molar-refractivity contribution >= 4 is 63.7 Å². The quantitative estimate of drug-likeness (QED) is 0.355. The van der Waals surface area contributed by atoms with Gasteiger partial charge in [-0.15, -0.1) is 0 Å². The smallest absolute Gasteiger partial charge is 0.228 e. The molecule has 0 saturated carbocycles. The minimum Gasteiger partial charge on any atom is -0.497 e. The lowest BCUT2D eigenvalue weighted by atomic mass is 10.1. The van der Waals surface area contributed by atoms with Crippen LogP contribution in [-0.2, 0) is 11.2 Å². The van der Waals surface area contributed by atoms with Crippen molar-refractivity contribution in [1.29, 1.82) is 0 Å². The number of hydrogen-bond donors (Lipinski definition) is 3. The highest BCUT2D eigenvalue weighted by atomic mass is 35.6. The van der Waals surface area contributed by atoms with E-state index in [0.29, 0.717) is 11.4 Å². The molecule has 27 heavy (non-hydrogen) atoms. The highest BCUT2D eigenvalue weighted by Gasteiger charge is 2.34. The SMILES string of the molecule is COc1ccc(NC(=S)NC(NC(=O)Cc2ccccc2)C(Cl)(Cl)Cl)cc1. The maximum Gasteiger partial charge on any atom is 0.228 e. The summed E-state index contributed by atoms with van der Waals surface area (Å²) in [6, 6.07) is 16.4. The lowest BCUT2D eigenvalue weighted by Crippen LogP contribution is -2.56. The molecular weight excluding hydrogens is 429 g/mol. The first-order valence-corrected chi connectivity index (χ1v) is 9.43. The molecule has 9 heteroatoms. The topological polar surface area (TPSA) is 62.4 Å². The second kappa shape index (κ2) is 9.99. The number of nitrogens with one attached hydrogen (secondary N) is 3. The fourth-order valence-corrected chi connectivity index (χ4v) is 2.73. The molecule has 2 rings (SSSR count). The summed E-state index contributed by atoms with van der Waals surface area (Å²) in [6.07, 6.45) is -0.865. The molecule has 0 radical (unpaired) electrons. The summed E-state index contributed by atoms with van der Waals surface area (Å²) < 4.78 is 3.29. The van der Waals surface area contributed by atoms with Gasteiger partial charge in [0.1, 0.15) is 11.9 Å². The van der Waals surface area contributed by atoms with Gasteiger partial charge in [-0.2, -0.15) is 0 Å². The number of carbonyl (C=O) groups is 1. The van der Waals surface area contributed by atoms with Gasteiger partial charge in [-0.25, -0.2) is 0 Å². The number of anilines is 1. The average Bonchev–Trinajstić information content (AvgIpc) is 2.62. The number of alkyl halides is 3. The van der Waals surface area contributed by atoms with Crippen LogP contribution < -0.4 is 20.7 Å². The Morgan fingerprint density at radius 3 is 2.26 bits per heavy atom. The molecule has 144 valence electrons. The Morgan fingerprint density at radius 1 is 1.07 bits per heavy atom. The molecule has 2 aromatic rings. The van der Waals surface area contributed by atoms with E-state index >= 15 is 0 Å². The van der Waals surface area contributed by atoms with E-state index in [1.807, 2.05) is 30.3 Å². The Kier molecular flexibility index (Phi) is 7.98. The minimum absolute atomic E-state index is 0.151. The van der Waals surface area contributed by atoms with Crippen molar-refractivity contribution in [1.82, 2.24) is 10.6 Å². The Balaban J connectivity index is 1.96. The van der Waals surface area contributed by atoms with Crippen molar-refractivity contribution in [2.75, 3.05) is 12.4 Å². The number of amides is 1. The molecule has 0 aliphatic rings. The van der Waals surface area contributed by atoms with E-state index < -0.39 is 9.96 Å². The molecule has 0 saturated heterocycles. The number of halogens is 3. The Bertz CT molecular complexity index is 768. The molecule has 0 spiro atoms. The average molecular weight is 447 g/mol. The molecule has 2 aromatic carbocycles. The Morgan fingerprint density at radius 2 is 1.70 bits per heavy atom. The van der Waals surface area contributed by atoms with Crippen LogP contribution in [0.25, 0.3) is 0 Å². The fourth-order valence-electron chi connectivity index (χ4n) is 2.17. The van der Waals surface area contributed by atoms with Crippen LogP contribution in [0, 0.1) is 0 Å². The summed E-state index contributed by atoms with van der Waals surface area (Å²) in [7, 11) is 1.58. The van der Waals surface area contributed by atoms with Gasteiger partial charge in [-0.05, 0) is 42.0 Å². The molecule has 0 fully saturated rings. The van der Waals surface area contributed by atoms with Crippen molar-refractivity contribution in [3.05, 3.63) is 60.2 Å². The number of benzene rings is 2. The molecule has 0 bridgehead atoms. The highest BCUT2D eigenvalue weighted by Crippen LogP contribution is 2.29. The van der Waals surface area contributed by atoms with Gasteiger partial charge in [0.25, 0.3) is 0 Å². The molecule has 0 aliphatic carbocycles. The number of methoxy groups -OCH3 is 1. The minimum atomic E-state index is -1.81. The van der Waals surface area contributed by atoms with Crippen molar-refractivity contribution in [2.24, 2.45) is 0 Å². The first-order chi connectivity index (χ1) is 12.8. The Labute approximate surface area is 178 Å². The van der Waals surface area contributed by atoms with Crippen LogP contribution >= 0.6 is 47.0 Å². The van der Waals surface area contributed by atoms with Gasteiger partial charge in [0.05, 0.1) is 13.5 Å². The van der Waals surface area contributed by atoms with Crippen molar-refractivity contribution in [3.63, 3.8) is 0 Å². The van der Waals surface area contributed by atoms with Crippen LogP contribution in [0.5, 0.6) is 5.75 Å². The second-order valence-electron chi connectivity index (χ2n) is 5.53. The normalized spacial score (nSPS) is 12.0. The van der Waals surface area contributed by atoms with Gasteiger partial charge in [-0.1, -0.05) is 65.1 Å². The third-order valence-corrected chi connectivity index (χ3v) is 4.34. The molecule has 0 aromatic heterocycles. The van der Waals surface area contributed by atoms with E-state index in [2.05, 4.69) is 16.0 Å². The third-order valence-electron chi connectivity index (χ3n) is 3.46. The number of ether oxygens (including phenoxy) is 1. The van der Waals surface area contributed by atoms with Gasteiger partial charge in [0, 0.05) is 5.69 Å². The summed E-state index contributed by atoms with van der Waals surface area (Å²) in [5, 5.41) is 8.61. The zero-order chi connectivity index (χ0) is 19.9. The summed E-state index contributed by atoms with van der Waals surface area (Å²) in [5.41, 5.74) is 1.56. The van der Waals surface area contributed by atoms with Gasteiger partial charge >= 0.3 is 0 Å². The van der Waals surface area contributed by atoms with Crippen molar-refractivity contribution < 1.29 is 9.53 Å². The molecule has 1 atom stereocenters. The molecular formula is C18H18Cl3N3O2S. The first kappa shape index (κ1) is 21.6. The van der Waals surface area contributed by atoms with Crippen LogP contribution in [0.3, 0.4) is 0 Å².